The topological polar surface area (TPSA) is 23.8 Å². The van der Waals surface area contributed by atoms with Crippen molar-refractivity contribution in [2.75, 3.05) is 0 Å². The van der Waals surface area contributed by atoms with Gasteiger partial charge in [0.15, 0.2) is 0 Å². The molecule has 0 N–H and O–H groups in total. The van der Waals surface area contributed by atoms with Gasteiger partial charge in [-0.25, -0.2) is 0 Å². The van der Waals surface area contributed by atoms with E-state index in [9.17, 15) is 0 Å². The predicted octanol–water partition coefficient (Wildman–Crippen LogP) is 2.89. The summed E-state index contributed by atoms with van der Waals surface area (Å²) in [6.07, 6.45) is 5.13. The van der Waals surface area contributed by atoms with Crippen LogP contribution in [-0.2, 0) is 0 Å². The maximum absolute atomic E-state index is 8.78. The molecule has 0 aromatic carbocycles. The van der Waals surface area contributed by atoms with Gasteiger partial charge in [0.25, 0.3) is 0 Å². The molecular weight excluding hydrogens is 134 g/mol. The number of nitriles is 1. The van der Waals surface area contributed by atoms with Gasteiger partial charge in [-0.15, -0.1) is 6.58 Å². The second-order valence-electron chi connectivity index (χ2n) is 3.95. The van der Waals surface area contributed by atoms with Crippen molar-refractivity contribution in [1.82, 2.24) is 0 Å². The van der Waals surface area contributed by atoms with Crippen LogP contribution in [0.15, 0.2) is 12.7 Å². The van der Waals surface area contributed by atoms with Crippen LogP contribution in [0.3, 0.4) is 0 Å². The average molecular weight is 149 g/mol. The molecule has 0 heterocycles. The third kappa shape index (κ3) is 1.18. The van der Waals surface area contributed by atoms with Crippen LogP contribution in [0.25, 0.3) is 0 Å². The summed E-state index contributed by atoms with van der Waals surface area (Å²) >= 11 is 0. The summed E-state index contributed by atoms with van der Waals surface area (Å²) in [5.41, 5.74) is 0.217. The largest absolute Gasteiger partial charge is 0.198 e. The van der Waals surface area contributed by atoms with Gasteiger partial charge in [0.1, 0.15) is 0 Å². The Morgan fingerprint density at radius 1 is 1.64 bits per heavy atom. The smallest absolute Gasteiger partial charge is 0.0687 e. The van der Waals surface area contributed by atoms with Crippen molar-refractivity contribution < 1.29 is 0 Å². The maximum atomic E-state index is 8.78. The summed E-state index contributed by atoms with van der Waals surface area (Å²) in [4.78, 5) is 0. The van der Waals surface area contributed by atoms with Crippen molar-refractivity contribution in [3.8, 4) is 6.07 Å². The normalized spacial score (nSPS) is 42.3. The highest BCUT2D eigenvalue weighted by molar-refractivity contribution is 5.16. The Balaban J connectivity index is 2.63. The van der Waals surface area contributed by atoms with Gasteiger partial charge in [-0.05, 0) is 31.6 Å². The Hall–Kier alpha value is -0.770. The fourth-order valence-corrected chi connectivity index (χ4v) is 2.12. The van der Waals surface area contributed by atoms with Crippen LogP contribution in [0.1, 0.15) is 33.1 Å². The van der Waals surface area contributed by atoms with Gasteiger partial charge in [-0.1, -0.05) is 13.0 Å². The second kappa shape index (κ2) is 2.37. The standard InChI is InChI=1S/C10H15N/c1-4-10(5-2)6-9(3,7-10)8-11/h4H,1,5-7H2,2-3H3/t9-,10+. The van der Waals surface area contributed by atoms with Crippen LogP contribution in [0.5, 0.6) is 0 Å². The fraction of sp³-hybridized carbons (Fsp3) is 0.700. The van der Waals surface area contributed by atoms with Gasteiger partial charge >= 0.3 is 0 Å². The Morgan fingerprint density at radius 3 is 2.45 bits per heavy atom. The van der Waals surface area contributed by atoms with E-state index >= 15 is 0 Å². The van der Waals surface area contributed by atoms with Crippen LogP contribution in [0.2, 0.25) is 0 Å². The van der Waals surface area contributed by atoms with E-state index in [0.717, 1.165) is 19.3 Å². The molecule has 1 rings (SSSR count). The Kier molecular flexibility index (Phi) is 1.80. The number of rotatable bonds is 2. The van der Waals surface area contributed by atoms with Gasteiger partial charge in [0.2, 0.25) is 0 Å². The highest BCUT2D eigenvalue weighted by Crippen LogP contribution is 2.56. The summed E-state index contributed by atoms with van der Waals surface area (Å²) < 4.78 is 0. The molecule has 1 nitrogen and oxygen atoms in total. The highest BCUT2D eigenvalue weighted by atomic mass is 14.5. The summed E-state index contributed by atoms with van der Waals surface area (Å²) in [6.45, 7) is 8.01. The third-order valence-electron chi connectivity index (χ3n) is 2.89. The van der Waals surface area contributed by atoms with E-state index in [4.69, 9.17) is 5.26 Å². The molecule has 0 aromatic rings. The molecule has 0 aromatic heterocycles. The lowest BCUT2D eigenvalue weighted by Crippen LogP contribution is -2.42. The third-order valence-corrected chi connectivity index (χ3v) is 2.89. The molecule has 0 radical (unpaired) electrons. The van der Waals surface area contributed by atoms with E-state index in [0.29, 0.717) is 0 Å². The first kappa shape index (κ1) is 8.33. The molecule has 0 aliphatic heterocycles. The number of nitrogens with zero attached hydrogens (tertiary/aromatic N) is 1. The number of hydrogen-bond acceptors (Lipinski definition) is 1. The predicted molar refractivity (Wildman–Crippen MR) is 45.9 cm³/mol. The van der Waals surface area contributed by atoms with E-state index in [2.05, 4.69) is 19.6 Å². The highest BCUT2D eigenvalue weighted by Gasteiger charge is 2.49. The zero-order chi connectivity index (χ0) is 8.54. The van der Waals surface area contributed by atoms with Gasteiger partial charge < -0.3 is 0 Å². The molecule has 0 spiro atoms. The summed E-state index contributed by atoms with van der Waals surface area (Å²) in [5, 5.41) is 8.78. The molecule has 0 amide bonds. The van der Waals surface area contributed by atoms with Crippen molar-refractivity contribution in [3.05, 3.63) is 12.7 Å². The molecule has 0 unspecified atom stereocenters. The SMILES string of the molecule is C=C[C@]1(CC)C[C@@](C)(C#N)C1. The van der Waals surface area contributed by atoms with Crippen molar-refractivity contribution in [2.45, 2.75) is 33.1 Å². The lowest BCUT2D eigenvalue weighted by Gasteiger charge is -2.49. The van der Waals surface area contributed by atoms with Crippen LogP contribution >= 0.6 is 0 Å². The molecule has 0 saturated heterocycles. The first-order chi connectivity index (χ1) is 5.10. The van der Waals surface area contributed by atoms with Crippen molar-refractivity contribution in [1.29, 1.82) is 5.26 Å². The van der Waals surface area contributed by atoms with Crippen molar-refractivity contribution in [2.24, 2.45) is 10.8 Å². The molecule has 1 heteroatoms. The van der Waals surface area contributed by atoms with Gasteiger partial charge in [-0.3, -0.25) is 0 Å². The maximum Gasteiger partial charge on any atom is 0.0687 e. The number of allylic oxidation sites excluding steroid dienone is 1. The summed E-state index contributed by atoms with van der Waals surface area (Å²) in [7, 11) is 0. The lowest BCUT2D eigenvalue weighted by atomic mass is 9.53. The molecule has 1 fully saturated rings. The first-order valence-electron chi connectivity index (χ1n) is 4.15. The van der Waals surface area contributed by atoms with Crippen LogP contribution in [0, 0.1) is 22.2 Å². The average Bonchev–Trinajstić information content (AvgIpc) is 1.98. The Bertz CT molecular complexity index is 203. The van der Waals surface area contributed by atoms with E-state index in [1.165, 1.54) is 0 Å². The first-order valence-corrected chi connectivity index (χ1v) is 4.15. The molecule has 1 saturated carbocycles. The van der Waals surface area contributed by atoms with E-state index in [-0.39, 0.29) is 10.8 Å². The Labute approximate surface area is 68.7 Å². The monoisotopic (exact) mass is 149 g/mol. The zero-order valence-corrected chi connectivity index (χ0v) is 7.35. The minimum atomic E-state index is -0.0653. The van der Waals surface area contributed by atoms with E-state index < -0.39 is 0 Å². The molecule has 1 aliphatic rings. The van der Waals surface area contributed by atoms with Gasteiger partial charge in [0, 0.05) is 0 Å². The van der Waals surface area contributed by atoms with Crippen molar-refractivity contribution >= 4 is 0 Å². The van der Waals surface area contributed by atoms with Crippen LogP contribution < -0.4 is 0 Å². The van der Waals surface area contributed by atoms with Crippen LogP contribution in [-0.4, -0.2) is 0 Å². The minimum Gasteiger partial charge on any atom is -0.198 e. The summed E-state index contributed by atoms with van der Waals surface area (Å²) in [6, 6.07) is 2.35. The van der Waals surface area contributed by atoms with Crippen LogP contribution in [0.4, 0.5) is 0 Å². The molecular formula is C10H15N. The van der Waals surface area contributed by atoms with E-state index in [1.807, 2.05) is 13.0 Å². The van der Waals surface area contributed by atoms with Gasteiger partial charge in [-0.2, -0.15) is 5.26 Å². The fourth-order valence-electron chi connectivity index (χ4n) is 2.12. The van der Waals surface area contributed by atoms with E-state index in [1.54, 1.807) is 0 Å². The van der Waals surface area contributed by atoms with Gasteiger partial charge in [0.05, 0.1) is 11.5 Å². The zero-order valence-electron chi connectivity index (χ0n) is 7.35. The Morgan fingerprint density at radius 2 is 2.18 bits per heavy atom. The number of hydrogen-bond donors (Lipinski definition) is 0. The minimum absolute atomic E-state index is 0.0653. The molecule has 1 aliphatic carbocycles. The molecule has 0 bridgehead atoms. The molecule has 11 heavy (non-hydrogen) atoms. The summed E-state index contributed by atoms with van der Waals surface area (Å²) in [5.74, 6) is 0. The lowest BCUT2D eigenvalue weighted by molar-refractivity contribution is 0.0588. The molecule has 60 valence electrons. The second-order valence-corrected chi connectivity index (χ2v) is 3.95. The quantitative estimate of drug-likeness (QED) is 0.554. The van der Waals surface area contributed by atoms with Crippen molar-refractivity contribution in [3.63, 3.8) is 0 Å². The molecule has 0 atom stereocenters.